The van der Waals surface area contributed by atoms with Gasteiger partial charge in [0, 0.05) is 29.7 Å². The first kappa shape index (κ1) is 13.1. The molecule has 0 saturated heterocycles. The minimum Gasteiger partial charge on any atom is -0.378 e. The predicted molar refractivity (Wildman–Crippen MR) is 73.1 cm³/mol. The van der Waals surface area contributed by atoms with Crippen LogP contribution in [0, 0.1) is 0 Å². The van der Waals surface area contributed by atoms with E-state index < -0.39 is 0 Å². The Morgan fingerprint density at radius 1 is 1.28 bits per heavy atom. The fourth-order valence-electron chi connectivity index (χ4n) is 1.78. The summed E-state index contributed by atoms with van der Waals surface area (Å²) in [5.74, 6) is 0. The van der Waals surface area contributed by atoms with Crippen molar-refractivity contribution in [2.75, 3.05) is 19.8 Å². The lowest BCUT2D eigenvalue weighted by Crippen LogP contribution is -2.22. The summed E-state index contributed by atoms with van der Waals surface area (Å²) in [6, 6.07) is 7.14. The molecule has 18 heavy (non-hydrogen) atoms. The van der Waals surface area contributed by atoms with Crippen LogP contribution in [0.3, 0.4) is 0 Å². The Balaban J connectivity index is 2.23. The first-order chi connectivity index (χ1) is 8.72. The number of nitrogens with zero attached hydrogens (tertiary/aromatic N) is 1. The molecule has 0 fully saturated rings. The predicted octanol–water partition coefficient (Wildman–Crippen LogP) is 1.63. The van der Waals surface area contributed by atoms with Gasteiger partial charge in [-0.2, -0.15) is 0 Å². The van der Waals surface area contributed by atoms with Gasteiger partial charge in [0.1, 0.15) is 0 Å². The van der Waals surface area contributed by atoms with Gasteiger partial charge in [-0.05, 0) is 29.7 Å². The van der Waals surface area contributed by atoms with Crippen LogP contribution in [0.25, 0.3) is 10.8 Å². The molecule has 2 N–H and O–H groups in total. The zero-order valence-corrected chi connectivity index (χ0v) is 10.7. The van der Waals surface area contributed by atoms with Crippen molar-refractivity contribution in [3.63, 3.8) is 0 Å². The highest BCUT2D eigenvalue weighted by Gasteiger charge is 2.03. The highest BCUT2D eigenvalue weighted by Crippen LogP contribution is 2.15. The fraction of sp³-hybridized carbons (Fsp3) is 0.308. The Kier molecular flexibility index (Phi) is 4.36. The molecule has 4 nitrogen and oxygen atoms in total. The van der Waals surface area contributed by atoms with Gasteiger partial charge in [-0.25, -0.2) is 0 Å². The molecule has 2 rings (SSSR count). The minimum absolute atomic E-state index is 0.0273. The van der Waals surface area contributed by atoms with Crippen LogP contribution in [0.1, 0.15) is 0 Å². The molecule has 0 unspecified atom stereocenters. The molecule has 0 spiro atoms. The highest BCUT2D eigenvalue weighted by atomic mass is 35.5. The van der Waals surface area contributed by atoms with Crippen LogP contribution < -0.4 is 11.3 Å². The fourth-order valence-corrected chi connectivity index (χ4v) is 1.96. The maximum atomic E-state index is 12.1. The first-order valence-electron chi connectivity index (χ1n) is 5.79. The van der Waals surface area contributed by atoms with Crippen LogP contribution in [0.4, 0.5) is 0 Å². The number of fused-ring (bicyclic) bond motifs is 1. The second-order valence-corrected chi connectivity index (χ2v) is 4.38. The van der Waals surface area contributed by atoms with Crippen LogP contribution in [-0.4, -0.2) is 24.3 Å². The van der Waals surface area contributed by atoms with E-state index in [1.54, 1.807) is 29.0 Å². The summed E-state index contributed by atoms with van der Waals surface area (Å²) in [5.41, 5.74) is 5.29. The highest BCUT2D eigenvalue weighted by molar-refractivity contribution is 6.31. The van der Waals surface area contributed by atoms with Gasteiger partial charge < -0.3 is 15.0 Å². The smallest absolute Gasteiger partial charge is 0.258 e. The molecule has 0 aliphatic rings. The van der Waals surface area contributed by atoms with Crippen molar-refractivity contribution in [1.29, 1.82) is 0 Å². The van der Waals surface area contributed by atoms with Gasteiger partial charge in [-0.1, -0.05) is 11.6 Å². The quantitative estimate of drug-likeness (QED) is 0.837. The number of pyridine rings is 1. The third kappa shape index (κ3) is 2.90. The van der Waals surface area contributed by atoms with E-state index in [-0.39, 0.29) is 5.56 Å². The summed E-state index contributed by atoms with van der Waals surface area (Å²) >= 11 is 5.89. The van der Waals surface area contributed by atoms with Crippen molar-refractivity contribution >= 4 is 22.4 Å². The van der Waals surface area contributed by atoms with Crippen molar-refractivity contribution < 1.29 is 4.74 Å². The second-order valence-electron chi connectivity index (χ2n) is 3.95. The lowest BCUT2D eigenvalue weighted by molar-refractivity contribution is 0.132. The molecule has 0 aliphatic carbocycles. The van der Waals surface area contributed by atoms with Crippen LogP contribution in [0.15, 0.2) is 35.3 Å². The topological polar surface area (TPSA) is 57.2 Å². The van der Waals surface area contributed by atoms with E-state index in [4.69, 9.17) is 22.1 Å². The second kappa shape index (κ2) is 6.00. The number of ether oxygens (including phenoxy) is 1. The van der Waals surface area contributed by atoms with Crippen LogP contribution in [-0.2, 0) is 11.3 Å². The average Bonchev–Trinajstić information content (AvgIpc) is 2.37. The molecule has 0 radical (unpaired) electrons. The van der Waals surface area contributed by atoms with Gasteiger partial charge >= 0.3 is 0 Å². The van der Waals surface area contributed by atoms with E-state index in [0.29, 0.717) is 36.7 Å². The van der Waals surface area contributed by atoms with E-state index >= 15 is 0 Å². The molecular weight excluding hydrogens is 252 g/mol. The molecule has 1 aromatic carbocycles. The molecule has 96 valence electrons. The molecule has 2 aromatic rings. The van der Waals surface area contributed by atoms with Crippen molar-refractivity contribution in [2.24, 2.45) is 5.73 Å². The number of nitrogens with two attached hydrogens (primary N) is 1. The molecule has 5 heteroatoms. The number of hydrogen-bond acceptors (Lipinski definition) is 3. The van der Waals surface area contributed by atoms with Crippen LogP contribution in [0.5, 0.6) is 0 Å². The van der Waals surface area contributed by atoms with E-state index in [0.717, 1.165) is 5.39 Å². The Morgan fingerprint density at radius 2 is 2.11 bits per heavy atom. The summed E-state index contributed by atoms with van der Waals surface area (Å²) in [6.45, 7) is 2.01. The van der Waals surface area contributed by atoms with Gasteiger partial charge in [0.2, 0.25) is 0 Å². The number of aromatic nitrogens is 1. The van der Waals surface area contributed by atoms with Crippen molar-refractivity contribution in [3.05, 3.63) is 45.8 Å². The molecule has 0 bridgehead atoms. The van der Waals surface area contributed by atoms with Crippen molar-refractivity contribution in [3.8, 4) is 0 Å². The van der Waals surface area contributed by atoms with Gasteiger partial charge in [0.15, 0.2) is 0 Å². The van der Waals surface area contributed by atoms with Gasteiger partial charge in [-0.3, -0.25) is 4.79 Å². The number of halogens is 1. The maximum absolute atomic E-state index is 12.1. The Morgan fingerprint density at radius 3 is 2.89 bits per heavy atom. The van der Waals surface area contributed by atoms with E-state index in [1.807, 2.05) is 6.07 Å². The minimum atomic E-state index is -0.0273. The maximum Gasteiger partial charge on any atom is 0.258 e. The van der Waals surface area contributed by atoms with Crippen LogP contribution in [0.2, 0.25) is 5.02 Å². The zero-order chi connectivity index (χ0) is 13.0. The summed E-state index contributed by atoms with van der Waals surface area (Å²) in [6.07, 6.45) is 1.76. The average molecular weight is 267 g/mol. The van der Waals surface area contributed by atoms with Gasteiger partial charge in [0.25, 0.3) is 5.56 Å². The number of hydrogen-bond donors (Lipinski definition) is 1. The molecule has 1 heterocycles. The third-order valence-electron chi connectivity index (χ3n) is 2.68. The third-order valence-corrected chi connectivity index (χ3v) is 2.91. The molecule has 1 aromatic heterocycles. The van der Waals surface area contributed by atoms with Gasteiger partial charge in [-0.15, -0.1) is 0 Å². The number of rotatable bonds is 5. The first-order valence-corrected chi connectivity index (χ1v) is 6.16. The van der Waals surface area contributed by atoms with Crippen LogP contribution >= 0.6 is 11.6 Å². The SMILES string of the molecule is NCCOCCn1ccc2cc(Cl)ccc2c1=O. The monoisotopic (exact) mass is 266 g/mol. The lowest BCUT2D eigenvalue weighted by atomic mass is 10.2. The summed E-state index contributed by atoms with van der Waals surface area (Å²) in [7, 11) is 0. The molecule has 0 aliphatic heterocycles. The molecule has 0 atom stereocenters. The number of benzene rings is 1. The lowest BCUT2D eigenvalue weighted by Gasteiger charge is -2.07. The normalized spacial score (nSPS) is 11.0. The van der Waals surface area contributed by atoms with Crippen molar-refractivity contribution in [2.45, 2.75) is 6.54 Å². The van der Waals surface area contributed by atoms with E-state index in [9.17, 15) is 4.79 Å². The van der Waals surface area contributed by atoms with Crippen molar-refractivity contribution in [1.82, 2.24) is 4.57 Å². The zero-order valence-electron chi connectivity index (χ0n) is 9.93. The van der Waals surface area contributed by atoms with Gasteiger partial charge in [0.05, 0.1) is 13.2 Å². The Bertz CT molecular complexity index is 595. The largest absolute Gasteiger partial charge is 0.378 e. The molecule has 0 saturated carbocycles. The summed E-state index contributed by atoms with van der Waals surface area (Å²) < 4.78 is 6.90. The summed E-state index contributed by atoms with van der Waals surface area (Å²) in [4.78, 5) is 12.1. The Hall–Kier alpha value is -1.36. The summed E-state index contributed by atoms with van der Waals surface area (Å²) in [5, 5.41) is 2.15. The standard InChI is InChI=1S/C13H15ClN2O2/c14-11-1-2-12-10(9-11)3-5-16(13(12)17)6-8-18-7-4-15/h1-3,5,9H,4,6-8,15H2. The molecule has 0 amide bonds. The van der Waals surface area contributed by atoms with E-state index in [2.05, 4.69) is 0 Å². The Labute approximate surface area is 110 Å². The molecular formula is C13H15ClN2O2. The van der Waals surface area contributed by atoms with E-state index in [1.165, 1.54) is 0 Å².